The number of nitrogens with one attached hydrogen (secondary N) is 2. The minimum Gasteiger partial charge on any atom is -0.435 e. The highest BCUT2D eigenvalue weighted by Crippen LogP contribution is 2.20. The van der Waals surface area contributed by atoms with E-state index in [0.717, 1.165) is 5.56 Å². The van der Waals surface area contributed by atoms with E-state index in [-0.39, 0.29) is 17.7 Å². The molecule has 0 bridgehead atoms. The minimum absolute atomic E-state index is 0.0468. The highest BCUT2D eigenvalue weighted by atomic mass is 19.3. The third-order valence-corrected chi connectivity index (χ3v) is 2.66. The molecule has 0 spiro atoms. The number of benzene rings is 1. The Morgan fingerprint density at radius 1 is 1.42 bits per heavy atom. The molecule has 0 aliphatic carbocycles. The summed E-state index contributed by atoms with van der Waals surface area (Å²) in [7, 11) is 1.58. The van der Waals surface area contributed by atoms with Gasteiger partial charge in [-0.15, -0.1) is 0 Å². The fourth-order valence-electron chi connectivity index (χ4n) is 1.61. The van der Waals surface area contributed by atoms with E-state index in [4.69, 9.17) is 0 Å². The number of carbonyl (C=O) groups excluding carboxylic acids is 1. The van der Waals surface area contributed by atoms with E-state index in [2.05, 4.69) is 15.4 Å². The van der Waals surface area contributed by atoms with E-state index >= 15 is 0 Å². The molecule has 6 heteroatoms. The summed E-state index contributed by atoms with van der Waals surface area (Å²) in [6.45, 7) is -0.418. The van der Waals surface area contributed by atoms with Crippen LogP contribution < -0.4 is 15.4 Å². The topological polar surface area (TPSA) is 50.4 Å². The predicted molar refractivity (Wildman–Crippen MR) is 68.2 cm³/mol. The summed E-state index contributed by atoms with van der Waals surface area (Å²) in [6.07, 6.45) is 0.369. The van der Waals surface area contributed by atoms with Gasteiger partial charge in [0.2, 0.25) is 5.91 Å². The van der Waals surface area contributed by atoms with Crippen LogP contribution in [0.25, 0.3) is 0 Å². The number of hydrogen-bond acceptors (Lipinski definition) is 3. The zero-order valence-electron chi connectivity index (χ0n) is 11.0. The van der Waals surface area contributed by atoms with Crippen molar-refractivity contribution in [2.45, 2.75) is 26.0 Å². The average molecular weight is 272 g/mol. The molecule has 0 radical (unpaired) electrons. The fraction of sp³-hybridized carbons (Fsp3) is 0.462. The van der Waals surface area contributed by atoms with Crippen molar-refractivity contribution in [2.24, 2.45) is 0 Å². The summed E-state index contributed by atoms with van der Waals surface area (Å²) in [5.74, 6) is 0.0851. The molecule has 0 saturated carbocycles. The molecular formula is C13H18F2N2O2. The first kappa shape index (κ1) is 15.4. The van der Waals surface area contributed by atoms with Crippen LogP contribution in [0, 0.1) is 0 Å². The lowest BCUT2D eigenvalue weighted by molar-refractivity contribution is -0.120. The maximum Gasteiger partial charge on any atom is 0.387 e. The van der Waals surface area contributed by atoms with Gasteiger partial charge in [-0.1, -0.05) is 12.1 Å². The maximum atomic E-state index is 12.1. The second kappa shape index (κ2) is 7.68. The molecule has 1 amide bonds. The molecule has 0 aliphatic heterocycles. The number of halogens is 2. The van der Waals surface area contributed by atoms with Gasteiger partial charge in [-0.05, 0) is 24.6 Å². The van der Waals surface area contributed by atoms with Crippen molar-refractivity contribution < 1.29 is 18.3 Å². The Balaban J connectivity index is 2.51. The van der Waals surface area contributed by atoms with Gasteiger partial charge in [0.1, 0.15) is 5.75 Å². The molecule has 1 unspecified atom stereocenters. The van der Waals surface area contributed by atoms with E-state index < -0.39 is 6.61 Å². The predicted octanol–water partition coefficient (Wildman–Crippen LogP) is 2.07. The summed E-state index contributed by atoms with van der Waals surface area (Å²) in [5, 5.41) is 5.67. The van der Waals surface area contributed by atoms with E-state index in [1.54, 1.807) is 19.2 Å². The van der Waals surface area contributed by atoms with Gasteiger partial charge in [0, 0.05) is 26.1 Å². The van der Waals surface area contributed by atoms with E-state index in [0.29, 0.717) is 13.0 Å². The lowest BCUT2D eigenvalue weighted by Gasteiger charge is -2.15. The second-order valence-corrected chi connectivity index (χ2v) is 4.05. The summed E-state index contributed by atoms with van der Waals surface area (Å²) in [6, 6.07) is 6.46. The summed E-state index contributed by atoms with van der Waals surface area (Å²) < 4.78 is 28.5. The number of carbonyl (C=O) groups is 1. The lowest BCUT2D eigenvalue weighted by atomic mass is 10.1. The number of amides is 1. The van der Waals surface area contributed by atoms with Crippen LogP contribution in [0.15, 0.2) is 24.3 Å². The van der Waals surface area contributed by atoms with Crippen molar-refractivity contribution >= 4 is 5.91 Å². The van der Waals surface area contributed by atoms with Crippen molar-refractivity contribution in [1.29, 1.82) is 0 Å². The SMILES string of the molecule is CNC(=O)CCNC(C)c1cccc(OC(F)F)c1. The fourth-order valence-corrected chi connectivity index (χ4v) is 1.61. The first-order valence-corrected chi connectivity index (χ1v) is 6.01. The Labute approximate surface area is 111 Å². The van der Waals surface area contributed by atoms with Crippen LogP contribution in [0.3, 0.4) is 0 Å². The monoisotopic (exact) mass is 272 g/mol. The van der Waals surface area contributed by atoms with Gasteiger partial charge >= 0.3 is 6.61 Å². The Bertz CT molecular complexity index is 413. The van der Waals surface area contributed by atoms with Gasteiger partial charge in [-0.3, -0.25) is 4.79 Å². The third-order valence-electron chi connectivity index (χ3n) is 2.66. The van der Waals surface area contributed by atoms with Crippen LogP contribution >= 0.6 is 0 Å². The Kier molecular flexibility index (Phi) is 6.21. The van der Waals surface area contributed by atoms with Gasteiger partial charge in [0.15, 0.2) is 0 Å². The van der Waals surface area contributed by atoms with Gasteiger partial charge in [0.25, 0.3) is 0 Å². The van der Waals surface area contributed by atoms with E-state index in [1.807, 2.05) is 13.0 Å². The van der Waals surface area contributed by atoms with Crippen LogP contribution in [0.4, 0.5) is 8.78 Å². The molecule has 0 aromatic heterocycles. The third kappa shape index (κ3) is 5.65. The quantitative estimate of drug-likeness (QED) is 0.799. The second-order valence-electron chi connectivity index (χ2n) is 4.05. The molecule has 4 nitrogen and oxygen atoms in total. The minimum atomic E-state index is -2.83. The largest absolute Gasteiger partial charge is 0.435 e. The van der Waals surface area contributed by atoms with Gasteiger partial charge in [-0.2, -0.15) is 8.78 Å². The van der Waals surface area contributed by atoms with Crippen LogP contribution in [-0.2, 0) is 4.79 Å². The summed E-state index contributed by atoms with van der Waals surface area (Å²) in [5.41, 5.74) is 0.829. The molecule has 0 heterocycles. The Hall–Kier alpha value is -1.69. The van der Waals surface area contributed by atoms with E-state index in [1.165, 1.54) is 6.07 Å². The van der Waals surface area contributed by atoms with E-state index in [9.17, 15) is 13.6 Å². The number of hydrogen-bond donors (Lipinski definition) is 2. The zero-order chi connectivity index (χ0) is 14.3. The first-order chi connectivity index (χ1) is 9.02. The van der Waals surface area contributed by atoms with Crippen LogP contribution in [0.2, 0.25) is 0 Å². The lowest BCUT2D eigenvalue weighted by Crippen LogP contribution is -2.26. The van der Waals surface area contributed by atoms with Crippen LogP contribution in [0.5, 0.6) is 5.75 Å². The normalized spacial score (nSPS) is 12.3. The molecule has 1 rings (SSSR count). The van der Waals surface area contributed by atoms with Crippen molar-refractivity contribution in [3.63, 3.8) is 0 Å². The van der Waals surface area contributed by atoms with Gasteiger partial charge in [-0.25, -0.2) is 0 Å². The molecule has 19 heavy (non-hydrogen) atoms. The maximum absolute atomic E-state index is 12.1. The highest BCUT2D eigenvalue weighted by molar-refractivity contribution is 5.75. The first-order valence-electron chi connectivity index (χ1n) is 6.01. The van der Waals surface area contributed by atoms with Crippen LogP contribution in [-0.4, -0.2) is 26.1 Å². The zero-order valence-corrected chi connectivity index (χ0v) is 11.0. The van der Waals surface area contributed by atoms with Gasteiger partial charge < -0.3 is 15.4 Å². The molecule has 0 fully saturated rings. The van der Waals surface area contributed by atoms with Crippen molar-refractivity contribution in [2.75, 3.05) is 13.6 Å². The molecule has 1 atom stereocenters. The van der Waals surface area contributed by atoms with Crippen molar-refractivity contribution in [1.82, 2.24) is 10.6 Å². The average Bonchev–Trinajstić information content (AvgIpc) is 2.37. The van der Waals surface area contributed by atoms with Crippen LogP contribution in [0.1, 0.15) is 24.9 Å². The van der Waals surface area contributed by atoms with Crippen molar-refractivity contribution in [3.05, 3.63) is 29.8 Å². The molecule has 0 aliphatic rings. The standard InChI is InChI=1S/C13H18F2N2O2/c1-9(17-7-6-12(18)16-2)10-4-3-5-11(8-10)19-13(14)15/h3-5,8-9,13,17H,6-7H2,1-2H3,(H,16,18). The van der Waals surface area contributed by atoms with Gasteiger partial charge in [0.05, 0.1) is 0 Å². The molecule has 106 valence electrons. The number of alkyl halides is 2. The summed E-state index contributed by atoms with van der Waals surface area (Å²) in [4.78, 5) is 11.1. The number of rotatable bonds is 7. The molecule has 1 aromatic carbocycles. The molecule has 0 saturated heterocycles. The number of ether oxygens (including phenoxy) is 1. The Morgan fingerprint density at radius 2 is 2.16 bits per heavy atom. The van der Waals surface area contributed by atoms with Crippen molar-refractivity contribution in [3.8, 4) is 5.75 Å². The smallest absolute Gasteiger partial charge is 0.387 e. The molecular weight excluding hydrogens is 254 g/mol. The molecule has 1 aromatic rings. The Morgan fingerprint density at radius 3 is 2.79 bits per heavy atom. The molecule has 2 N–H and O–H groups in total. The highest BCUT2D eigenvalue weighted by Gasteiger charge is 2.09. The summed E-state index contributed by atoms with van der Waals surface area (Å²) >= 11 is 0.